The van der Waals surface area contributed by atoms with Crippen molar-refractivity contribution in [1.29, 1.82) is 0 Å². The number of anilines is 1. The number of rotatable bonds is 6. The van der Waals surface area contributed by atoms with Crippen molar-refractivity contribution in [3.63, 3.8) is 0 Å². The van der Waals surface area contributed by atoms with Gasteiger partial charge >= 0.3 is 6.09 Å². The summed E-state index contributed by atoms with van der Waals surface area (Å²) < 4.78 is 19.5. The highest BCUT2D eigenvalue weighted by atomic mass is 19.1. The van der Waals surface area contributed by atoms with Crippen LogP contribution in [0.2, 0.25) is 0 Å². The summed E-state index contributed by atoms with van der Waals surface area (Å²) in [6, 6.07) is 12.5. The third-order valence-corrected chi connectivity index (χ3v) is 4.40. The normalized spacial score (nSPS) is 13.8. The van der Waals surface area contributed by atoms with Gasteiger partial charge in [-0.3, -0.25) is 10.00 Å². The summed E-state index contributed by atoms with van der Waals surface area (Å²) in [6.07, 6.45) is 1.23. The fraction of sp³-hybridized carbons (Fsp3) is 0.211. The van der Waals surface area contributed by atoms with E-state index >= 15 is 0 Å². The number of nitrogens with zero attached hydrogens (tertiary/aromatic N) is 3. The molecule has 0 spiro atoms. The Bertz CT molecular complexity index is 928. The number of nitrogens with one attached hydrogen (secondary N) is 2. The fourth-order valence-corrected chi connectivity index (χ4v) is 2.98. The number of H-pyrrole nitrogens is 1. The number of benzene rings is 2. The van der Waals surface area contributed by atoms with Gasteiger partial charge in [-0.05, 0) is 29.3 Å². The van der Waals surface area contributed by atoms with Gasteiger partial charge in [0.2, 0.25) is 0 Å². The minimum absolute atomic E-state index is 0.328. The number of aromatic nitrogens is 3. The number of cyclic esters (lactones) is 1. The minimum atomic E-state index is -0.440. The summed E-state index contributed by atoms with van der Waals surface area (Å²) >= 11 is 0. The van der Waals surface area contributed by atoms with E-state index in [1.807, 2.05) is 24.3 Å². The Hall–Kier alpha value is -3.26. The fourth-order valence-electron chi connectivity index (χ4n) is 2.98. The summed E-state index contributed by atoms with van der Waals surface area (Å²) in [5, 5.41) is 13.5. The van der Waals surface area contributed by atoms with E-state index in [1.54, 1.807) is 18.3 Å². The van der Waals surface area contributed by atoms with Crippen LogP contribution in [0.5, 0.6) is 0 Å². The second-order valence-electron chi connectivity index (χ2n) is 6.21. The van der Waals surface area contributed by atoms with Gasteiger partial charge in [0, 0.05) is 18.7 Å². The molecule has 1 saturated heterocycles. The number of carbonyl (C=O) groups excluding carboxylic acids is 1. The lowest BCUT2D eigenvalue weighted by atomic mass is 10.0. The van der Waals surface area contributed by atoms with Gasteiger partial charge in [0.05, 0.1) is 24.1 Å². The average Bonchev–Trinajstić information content (AvgIpc) is 3.34. The van der Waals surface area contributed by atoms with E-state index in [-0.39, 0.29) is 5.82 Å². The van der Waals surface area contributed by atoms with Crippen LogP contribution in [0.15, 0.2) is 48.7 Å². The molecule has 0 atom stereocenters. The van der Waals surface area contributed by atoms with E-state index in [4.69, 9.17) is 4.74 Å². The summed E-state index contributed by atoms with van der Waals surface area (Å²) in [5.74, 6) is -0.371. The quantitative estimate of drug-likeness (QED) is 0.700. The standard InChI is InChI=1S/C19H18FN5O2/c20-18-9-16(25-7-8-27-19(25)26)5-6-17(18)14-3-1-13(2-4-14)10-21-11-15-12-22-24-23-15/h1-6,9,12,21H,7-8,10-11H2,(H,22,23,24). The first-order chi connectivity index (χ1) is 13.2. The molecule has 1 aliphatic heterocycles. The largest absolute Gasteiger partial charge is 0.447 e. The van der Waals surface area contributed by atoms with Crippen molar-refractivity contribution in [2.45, 2.75) is 13.1 Å². The molecule has 2 N–H and O–H groups in total. The zero-order valence-electron chi connectivity index (χ0n) is 14.5. The molecule has 4 rings (SSSR count). The summed E-state index contributed by atoms with van der Waals surface area (Å²) in [6.45, 7) is 2.09. The smallest absolute Gasteiger partial charge is 0.414 e. The molecule has 1 aromatic heterocycles. The van der Waals surface area contributed by atoms with E-state index in [0.717, 1.165) is 16.8 Å². The summed E-state index contributed by atoms with van der Waals surface area (Å²) in [5.41, 5.74) is 3.78. The minimum Gasteiger partial charge on any atom is -0.447 e. The number of aromatic amines is 1. The van der Waals surface area contributed by atoms with Crippen molar-refractivity contribution in [1.82, 2.24) is 20.7 Å². The maximum Gasteiger partial charge on any atom is 0.414 e. The van der Waals surface area contributed by atoms with Gasteiger partial charge in [-0.1, -0.05) is 29.5 Å². The molecule has 1 aliphatic rings. The van der Waals surface area contributed by atoms with Crippen LogP contribution in [-0.2, 0) is 17.8 Å². The number of hydrogen-bond acceptors (Lipinski definition) is 5. The van der Waals surface area contributed by atoms with E-state index in [9.17, 15) is 9.18 Å². The number of carbonyl (C=O) groups is 1. The molecular weight excluding hydrogens is 349 g/mol. The highest BCUT2D eigenvalue weighted by Crippen LogP contribution is 2.28. The highest BCUT2D eigenvalue weighted by Gasteiger charge is 2.24. The van der Waals surface area contributed by atoms with Crippen LogP contribution in [0.1, 0.15) is 11.3 Å². The first kappa shape index (κ1) is 17.2. The molecule has 1 fully saturated rings. The SMILES string of the molecule is O=C1OCCN1c1ccc(-c2ccc(CNCc3cnn[nH]3)cc2)c(F)c1. The van der Waals surface area contributed by atoms with Gasteiger partial charge in [0.1, 0.15) is 12.4 Å². The second kappa shape index (κ2) is 7.55. The molecule has 0 bridgehead atoms. The van der Waals surface area contributed by atoms with Gasteiger partial charge in [0.25, 0.3) is 0 Å². The summed E-state index contributed by atoms with van der Waals surface area (Å²) in [7, 11) is 0. The monoisotopic (exact) mass is 367 g/mol. The van der Waals surface area contributed by atoms with Crippen molar-refractivity contribution in [2.24, 2.45) is 0 Å². The number of ether oxygens (including phenoxy) is 1. The lowest BCUT2D eigenvalue weighted by molar-refractivity contribution is 0.181. The third kappa shape index (κ3) is 3.80. The maximum atomic E-state index is 14.6. The highest BCUT2D eigenvalue weighted by molar-refractivity contribution is 5.89. The predicted octanol–water partition coefficient (Wildman–Crippen LogP) is 2.86. The van der Waals surface area contributed by atoms with Crippen LogP contribution in [-0.4, -0.2) is 34.7 Å². The molecule has 0 unspecified atom stereocenters. The van der Waals surface area contributed by atoms with Gasteiger partial charge < -0.3 is 10.1 Å². The Morgan fingerprint density at radius 1 is 1.19 bits per heavy atom. The van der Waals surface area contributed by atoms with Crippen LogP contribution >= 0.6 is 0 Å². The Labute approximate surface area is 155 Å². The van der Waals surface area contributed by atoms with Crippen molar-refractivity contribution < 1.29 is 13.9 Å². The molecule has 2 heterocycles. The molecule has 0 radical (unpaired) electrons. The predicted molar refractivity (Wildman–Crippen MR) is 97.5 cm³/mol. The van der Waals surface area contributed by atoms with Crippen LogP contribution in [0, 0.1) is 5.82 Å². The molecule has 27 heavy (non-hydrogen) atoms. The van der Waals surface area contributed by atoms with Gasteiger partial charge in [-0.15, -0.1) is 5.10 Å². The van der Waals surface area contributed by atoms with E-state index in [1.165, 1.54) is 11.0 Å². The Kier molecular flexibility index (Phi) is 4.80. The van der Waals surface area contributed by atoms with Crippen molar-refractivity contribution in [3.8, 4) is 11.1 Å². The number of hydrogen-bond donors (Lipinski definition) is 2. The molecule has 1 amide bonds. The zero-order valence-corrected chi connectivity index (χ0v) is 14.5. The van der Waals surface area contributed by atoms with Gasteiger partial charge in [0.15, 0.2) is 0 Å². The van der Waals surface area contributed by atoms with Crippen LogP contribution in [0.25, 0.3) is 11.1 Å². The van der Waals surface area contributed by atoms with Gasteiger partial charge in [-0.2, -0.15) is 0 Å². The average molecular weight is 367 g/mol. The van der Waals surface area contributed by atoms with Crippen molar-refractivity contribution in [3.05, 3.63) is 65.7 Å². The van der Waals surface area contributed by atoms with Crippen molar-refractivity contribution in [2.75, 3.05) is 18.1 Å². The zero-order chi connectivity index (χ0) is 18.6. The lowest BCUT2D eigenvalue weighted by Crippen LogP contribution is -2.23. The molecule has 7 nitrogen and oxygen atoms in total. The topological polar surface area (TPSA) is 83.1 Å². The third-order valence-electron chi connectivity index (χ3n) is 4.40. The maximum absolute atomic E-state index is 14.6. The summed E-state index contributed by atoms with van der Waals surface area (Å²) in [4.78, 5) is 13.0. The molecule has 0 aliphatic carbocycles. The van der Waals surface area contributed by atoms with E-state index < -0.39 is 6.09 Å². The Morgan fingerprint density at radius 3 is 2.70 bits per heavy atom. The molecule has 2 aromatic carbocycles. The first-order valence-corrected chi connectivity index (χ1v) is 8.59. The molecule has 8 heteroatoms. The molecule has 138 valence electrons. The Balaban J connectivity index is 1.43. The van der Waals surface area contributed by atoms with Crippen molar-refractivity contribution >= 4 is 11.8 Å². The second-order valence-corrected chi connectivity index (χ2v) is 6.21. The first-order valence-electron chi connectivity index (χ1n) is 8.59. The number of halogens is 1. The van der Waals surface area contributed by atoms with Crippen LogP contribution < -0.4 is 10.2 Å². The molecular formula is C19H18FN5O2. The lowest BCUT2D eigenvalue weighted by Gasteiger charge is -2.14. The molecule has 0 saturated carbocycles. The van der Waals surface area contributed by atoms with E-state index in [2.05, 4.69) is 20.7 Å². The van der Waals surface area contributed by atoms with E-state index in [0.29, 0.717) is 37.5 Å². The van der Waals surface area contributed by atoms with Gasteiger partial charge in [-0.25, -0.2) is 9.18 Å². The van der Waals surface area contributed by atoms with Crippen LogP contribution in [0.4, 0.5) is 14.9 Å². The number of amides is 1. The molecule has 3 aromatic rings. The Morgan fingerprint density at radius 2 is 2.04 bits per heavy atom. The van der Waals surface area contributed by atoms with Crippen LogP contribution in [0.3, 0.4) is 0 Å².